The number of nitrogens with zero attached hydrogens (tertiary/aromatic N) is 2. The van der Waals surface area contributed by atoms with Crippen LogP contribution in [-0.2, 0) is 29.0 Å². The molecule has 2 aromatic carbocycles. The lowest BCUT2D eigenvalue weighted by Crippen LogP contribution is -2.46. The van der Waals surface area contributed by atoms with Crippen LogP contribution in [0.2, 0.25) is 0 Å². The minimum Gasteiger partial charge on any atom is -0.497 e. The van der Waals surface area contributed by atoms with E-state index < -0.39 is 11.6 Å². The van der Waals surface area contributed by atoms with E-state index in [2.05, 4.69) is 5.32 Å². The molecular formula is C26H31N3O6. The first kappa shape index (κ1) is 24.4. The molecule has 1 saturated heterocycles. The number of carbonyl (C=O) groups is 3. The van der Waals surface area contributed by atoms with Crippen molar-refractivity contribution in [2.24, 2.45) is 0 Å². The van der Waals surface area contributed by atoms with Gasteiger partial charge < -0.3 is 24.4 Å². The third kappa shape index (κ3) is 4.89. The van der Waals surface area contributed by atoms with E-state index in [-0.39, 0.29) is 18.4 Å². The molecule has 1 atom stereocenters. The Hall–Kier alpha value is -3.75. The van der Waals surface area contributed by atoms with Gasteiger partial charge in [0.1, 0.15) is 17.8 Å². The van der Waals surface area contributed by atoms with Crippen molar-refractivity contribution in [1.29, 1.82) is 0 Å². The average molecular weight is 482 g/mol. The highest BCUT2D eigenvalue weighted by molar-refractivity contribution is 6.08. The van der Waals surface area contributed by atoms with Crippen LogP contribution >= 0.6 is 0 Å². The number of hydrogen-bond donors (Lipinski definition) is 1. The molecular weight excluding hydrogens is 450 g/mol. The highest BCUT2D eigenvalue weighted by atomic mass is 16.5. The van der Waals surface area contributed by atoms with Gasteiger partial charge in [-0.25, -0.2) is 4.79 Å². The first-order valence-electron chi connectivity index (χ1n) is 11.6. The summed E-state index contributed by atoms with van der Waals surface area (Å²) >= 11 is 0. The molecule has 1 fully saturated rings. The second kappa shape index (κ2) is 9.85. The SMILES string of the molecule is COc1ccc(CCC2(C)NC(=O)N(CC(=O)N3CCc4cc(OC)c(OC)cc4C3)C2=O)cc1. The van der Waals surface area contributed by atoms with E-state index in [4.69, 9.17) is 14.2 Å². The molecule has 0 spiro atoms. The van der Waals surface area contributed by atoms with Gasteiger partial charge >= 0.3 is 6.03 Å². The van der Waals surface area contributed by atoms with Crippen LogP contribution in [0.25, 0.3) is 0 Å². The fourth-order valence-corrected chi connectivity index (χ4v) is 4.58. The molecule has 2 aliphatic rings. The molecule has 1 unspecified atom stereocenters. The highest BCUT2D eigenvalue weighted by Crippen LogP contribution is 2.33. The summed E-state index contributed by atoms with van der Waals surface area (Å²) in [5, 5.41) is 2.79. The van der Waals surface area contributed by atoms with Crippen molar-refractivity contribution in [2.45, 2.75) is 38.3 Å². The molecule has 0 bridgehead atoms. The fourth-order valence-electron chi connectivity index (χ4n) is 4.58. The summed E-state index contributed by atoms with van der Waals surface area (Å²) < 4.78 is 15.9. The Labute approximate surface area is 204 Å². The van der Waals surface area contributed by atoms with Gasteiger partial charge in [0, 0.05) is 13.1 Å². The van der Waals surface area contributed by atoms with E-state index in [0.717, 1.165) is 27.3 Å². The summed E-state index contributed by atoms with van der Waals surface area (Å²) in [6.45, 7) is 2.30. The second-order valence-corrected chi connectivity index (χ2v) is 9.04. The van der Waals surface area contributed by atoms with E-state index in [1.54, 1.807) is 33.2 Å². The van der Waals surface area contributed by atoms with Crippen molar-refractivity contribution in [3.8, 4) is 17.2 Å². The minimum atomic E-state index is -1.06. The van der Waals surface area contributed by atoms with Crippen molar-refractivity contribution in [1.82, 2.24) is 15.1 Å². The van der Waals surface area contributed by atoms with E-state index in [1.165, 1.54) is 0 Å². The van der Waals surface area contributed by atoms with Crippen LogP contribution < -0.4 is 19.5 Å². The van der Waals surface area contributed by atoms with Crippen molar-refractivity contribution in [2.75, 3.05) is 34.4 Å². The summed E-state index contributed by atoms with van der Waals surface area (Å²) in [5.74, 6) is 1.36. The van der Waals surface area contributed by atoms with Crippen molar-refractivity contribution >= 4 is 17.8 Å². The van der Waals surface area contributed by atoms with Gasteiger partial charge in [0.25, 0.3) is 5.91 Å². The average Bonchev–Trinajstić information content (AvgIpc) is 3.09. The van der Waals surface area contributed by atoms with Crippen molar-refractivity contribution < 1.29 is 28.6 Å². The first-order valence-corrected chi connectivity index (χ1v) is 11.6. The molecule has 0 saturated carbocycles. The predicted molar refractivity (Wildman–Crippen MR) is 129 cm³/mol. The monoisotopic (exact) mass is 481 g/mol. The van der Waals surface area contributed by atoms with Crippen LogP contribution in [-0.4, -0.2) is 67.6 Å². The third-order valence-corrected chi connectivity index (χ3v) is 6.78. The van der Waals surface area contributed by atoms with Crippen molar-refractivity contribution in [3.63, 3.8) is 0 Å². The number of rotatable bonds is 8. The lowest BCUT2D eigenvalue weighted by Gasteiger charge is -2.30. The van der Waals surface area contributed by atoms with Gasteiger partial charge in [-0.05, 0) is 67.1 Å². The Bertz CT molecular complexity index is 1130. The van der Waals surface area contributed by atoms with E-state index in [0.29, 0.717) is 43.9 Å². The van der Waals surface area contributed by atoms with E-state index in [9.17, 15) is 14.4 Å². The molecule has 0 aromatic heterocycles. The van der Waals surface area contributed by atoms with Gasteiger partial charge in [0.15, 0.2) is 11.5 Å². The Morgan fingerprint density at radius 2 is 1.66 bits per heavy atom. The van der Waals surface area contributed by atoms with Gasteiger partial charge in [-0.15, -0.1) is 0 Å². The number of urea groups is 1. The molecule has 9 nitrogen and oxygen atoms in total. The quantitative estimate of drug-likeness (QED) is 0.582. The smallest absolute Gasteiger partial charge is 0.325 e. The zero-order valence-corrected chi connectivity index (χ0v) is 20.6. The molecule has 186 valence electrons. The number of nitrogens with one attached hydrogen (secondary N) is 1. The van der Waals surface area contributed by atoms with Crippen LogP contribution in [0.3, 0.4) is 0 Å². The molecule has 35 heavy (non-hydrogen) atoms. The summed E-state index contributed by atoms with van der Waals surface area (Å²) in [5.41, 5.74) is 2.02. The Kier molecular flexibility index (Phi) is 6.86. The fraction of sp³-hybridized carbons (Fsp3) is 0.423. The van der Waals surface area contributed by atoms with E-state index in [1.807, 2.05) is 36.4 Å². The van der Waals surface area contributed by atoms with Crippen LogP contribution in [0.1, 0.15) is 30.0 Å². The predicted octanol–water partition coefficient (Wildman–Crippen LogP) is 2.54. The number of fused-ring (bicyclic) bond motifs is 1. The minimum absolute atomic E-state index is 0.270. The summed E-state index contributed by atoms with van der Waals surface area (Å²) in [4.78, 5) is 41.6. The number of amides is 4. The summed E-state index contributed by atoms with van der Waals surface area (Å²) in [7, 11) is 4.76. The third-order valence-electron chi connectivity index (χ3n) is 6.78. The molecule has 9 heteroatoms. The number of ether oxygens (including phenoxy) is 3. The van der Waals surface area contributed by atoms with Crippen LogP contribution in [0, 0.1) is 0 Å². The zero-order chi connectivity index (χ0) is 25.2. The number of aryl methyl sites for hydroxylation is 1. The van der Waals surface area contributed by atoms with Gasteiger partial charge in [0.05, 0.1) is 21.3 Å². The molecule has 0 aliphatic carbocycles. The molecule has 4 amide bonds. The number of imide groups is 1. The van der Waals surface area contributed by atoms with Crippen LogP contribution in [0.5, 0.6) is 17.2 Å². The van der Waals surface area contributed by atoms with E-state index >= 15 is 0 Å². The highest BCUT2D eigenvalue weighted by Gasteiger charge is 2.48. The van der Waals surface area contributed by atoms with Gasteiger partial charge in [-0.1, -0.05) is 12.1 Å². The molecule has 4 rings (SSSR count). The number of carbonyl (C=O) groups excluding carboxylic acids is 3. The molecule has 2 aliphatic heterocycles. The number of hydrogen-bond acceptors (Lipinski definition) is 6. The molecule has 0 radical (unpaired) electrons. The normalized spacial score (nSPS) is 19.3. The maximum absolute atomic E-state index is 13.2. The standard InChI is InChI=1S/C26H31N3O6/c1-26(11-9-17-5-7-20(33-2)8-6-17)24(31)29(25(32)27-26)16-23(30)28-12-10-18-13-21(34-3)22(35-4)14-19(18)15-28/h5-8,13-14H,9-12,15-16H2,1-4H3,(H,27,32). The number of methoxy groups -OCH3 is 3. The van der Waals surface area contributed by atoms with Gasteiger partial charge in [-0.3, -0.25) is 14.5 Å². The topological polar surface area (TPSA) is 97.4 Å². The van der Waals surface area contributed by atoms with Gasteiger partial charge in [0.2, 0.25) is 5.91 Å². The lowest BCUT2D eigenvalue weighted by molar-refractivity contribution is -0.139. The maximum Gasteiger partial charge on any atom is 0.325 e. The molecule has 2 heterocycles. The lowest BCUT2D eigenvalue weighted by atomic mass is 9.93. The zero-order valence-electron chi connectivity index (χ0n) is 20.6. The molecule has 1 N–H and O–H groups in total. The summed E-state index contributed by atoms with van der Waals surface area (Å²) in [6, 6.07) is 10.9. The summed E-state index contributed by atoms with van der Waals surface area (Å²) in [6.07, 6.45) is 1.68. The molecule has 2 aromatic rings. The van der Waals surface area contributed by atoms with Crippen LogP contribution in [0.4, 0.5) is 4.79 Å². The van der Waals surface area contributed by atoms with Crippen molar-refractivity contribution in [3.05, 3.63) is 53.1 Å². The Morgan fingerprint density at radius 3 is 2.29 bits per heavy atom. The van der Waals surface area contributed by atoms with Crippen LogP contribution in [0.15, 0.2) is 36.4 Å². The Morgan fingerprint density at radius 1 is 1.00 bits per heavy atom. The number of benzene rings is 2. The first-order chi connectivity index (χ1) is 16.8. The largest absolute Gasteiger partial charge is 0.497 e. The van der Waals surface area contributed by atoms with Gasteiger partial charge in [-0.2, -0.15) is 0 Å². The second-order valence-electron chi connectivity index (χ2n) is 9.04. The Balaban J connectivity index is 1.39. The maximum atomic E-state index is 13.2.